The van der Waals surface area contributed by atoms with Crippen LogP contribution < -0.4 is 10.6 Å². The second kappa shape index (κ2) is 6.86. The van der Waals surface area contributed by atoms with Gasteiger partial charge in [-0.15, -0.1) is 0 Å². The van der Waals surface area contributed by atoms with Gasteiger partial charge < -0.3 is 10.6 Å². The summed E-state index contributed by atoms with van der Waals surface area (Å²) >= 11 is 12.2. The molecule has 1 aromatic carbocycles. The molecule has 4 amide bonds. The zero-order valence-electron chi connectivity index (χ0n) is 16.8. The van der Waals surface area contributed by atoms with Crippen molar-refractivity contribution in [3.8, 4) is 0 Å². The average Bonchev–Trinajstić information content (AvgIpc) is 2.83. The minimum Gasteiger partial charge on any atom is -0.349 e. The quantitative estimate of drug-likeness (QED) is 0.685. The van der Waals surface area contributed by atoms with Gasteiger partial charge in [-0.2, -0.15) is 0 Å². The topological polar surface area (TPSA) is 78.5 Å². The molecular formula is C22H25Cl2N3O3. The summed E-state index contributed by atoms with van der Waals surface area (Å²) in [7, 11) is 0. The number of urea groups is 1. The summed E-state index contributed by atoms with van der Waals surface area (Å²) in [5.41, 5.74) is -1.04. The van der Waals surface area contributed by atoms with Crippen LogP contribution >= 0.6 is 23.2 Å². The van der Waals surface area contributed by atoms with E-state index in [1.807, 2.05) is 0 Å². The van der Waals surface area contributed by atoms with E-state index in [0.29, 0.717) is 33.4 Å². The minimum absolute atomic E-state index is 0.159. The van der Waals surface area contributed by atoms with E-state index in [-0.39, 0.29) is 18.0 Å². The first-order chi connectivity index (χ1) is 14.2. The lowest BCUT2D eigenvalue weighted by Crippen LogP contribution is -2.61. The summed E-state index contributed by atoms with van der Waals surface area (Å²) < 4.78 is 0. The number of amides is 4. The molecule has 8 heteroatoms. The number of rotatable bonds is 4. The molecule has 0 aromatic heterocycles. The first-order valence-corrected chi connectivity index (χ1v) is 11.3. The lowest BCUT2D eigenvalue weighted by Gasteiger charge is -2.56. The van der Waals surface area contributed by atoms with Crippen LogP contribution in [0.15, 0.2) is 18.2 Å². The molecule has 1 aliphatic heterocycles. The van der Waals surface area contributed by atoms with Crippen LogP contribution in [0.25, 0.3) is 0 Å². The highest BCUT2D eigenvalue weighted by molar-refractivity contribution is 6.35. The van der Waals surface area contributed by atoms with Gasteiger partial charge in [-0.3, -0.25) is 14.5 Å². The van der Waals surface area contributed by atoms with E-state index in [9.17, 15) is 14.4 Å². The Labute approximate surface area is 185 Å². The number of halogens is 2. The molecule has 4 bridgehead atoms. The van der Waals surface area contributed by atoms with Crippen molar-refractivity contribution in [2.75, 3.05) is 6.54 Å². The summed E-state index contributed by atoms with van der Waals surface area (Å²) in [6.07, 6.45) is 6.89. The van der Waals surface area contributed by atoms with Gasteiger partial charge in [0.15, 0.2) is 0 Å². The van der Waals surface area contributed by atoms with Crippen molar-refractivity contribution >= 4 is 41.0 Å². The Morgan fingerprint density at radius 2 is 1.73 bits per heavy atom. The van der Waals surface area contributed by atoms with Crippen LogP contribution in [0, 0.1) is 17.8 Å². The van der Waals surface area contributed by atoms with Crippen LogP contribution in [-0.4, -0.2) is 34.8 Å². The van der Waals surface area contributed by atoms with Crippen molar-refractivity contribution in [1.29, 1.82) is 0 Å². The molecule has 6 nitrogen and oxygen atoms in total. The molecule has 1 heterocycles. The molecule has 0 unspecified atom stereocenters. The third-order valence-electron chi connectivity index (χ3n) is 7.49. The minimum atomic E-state index is -1.33. The molecule has 4 saturated carbocycles. The third-order valence-corrected chi connectivity index (χ3v) is 8.04. The Kier molecular flexibility index (Phi) is 4.60. The average molecular weight is 450 g/mol. The van der Waals surface area contributed by atoms with Crippen molar-refractivity contribution in [3.05, 3.63) is 33.8 Å². The number of hydrogen-bond acceptors (Lipinski definition) is 3. The molecule has 4 aliphatic carbocycles. The molecule has 1 aromatic rings. The highest BCUT2D eigenvalue weighted by atomic mass is 35.5. The van der Waals surface area contributed by atoms with Crippen molar-refractivity contribution in [2.24, 2.45) is 17.8 Å². The fraction of sp³-hybridized carbons (Fsp3) is 0.591. The zero-order valence-corrected chi connectivity index (χ0v) is 18.4. The van der Waals surface area contributed by atoms with E-state index in [0.717, 1.165) is 24.2 Å². The van der Waals surface area contributed by atoms with Crippen LogP contribution in [0.1, 0.15) is 51.0 Å². The number of carbonyl (C=O) groups excluding carboxylic acids is 3. The van der Waals surface area contributed by atoms with E-state index in [1.54, 1.807) is 19.1 Å². The van der Waals surface area contributed by atoms with Crippen molar-refractivity contribution in [3.63, 3.8) is 0 Å². The third kappa shape index (κ3) is 3.19. The number of hydrogen-bond donors (Lipinski definition) is 2. The van der Waals surface area contributed by atoms with Crippen molar-refractivity contribution in [1.82, 2.24) is 15.5 Å². The van der Waals surface area contributed by atoms with E-state index in [1.165, 1.54) is 25.3 Å². The number of benzene rings is 1. The first-order valence-electron chi connectivity index (χ1n) is 10.6. The Bertz CT molecular complexity index is 914. The Morgan fingerprint density at radius 1 is 1.13 bits per heavy atom. The van der Waals surface area contributed by atoms with Gasteiger partial charge in [0.2, 0.25) is 5.91 Å². The number of nitrogens with one attached hydrogen (secondary N) is 2. The summed E-state index contributed by atoms with van der Waals surface area (Å²) in [4.78, 5) is 39.6. The fourth-order valence-electron chi connectivity index (χ4n) is 6.66. The van der Waals surface area contributed by atoms with Crippen LogP contribution in [0.4, 0.5) is 4.79 Å². The maximum atomic E-state index is 13.1. The maximum absolute atomic E-state index is 13.1. The van der Waals surface area contributed by atoms with Gasteiger partial charge >= 0.3 is 6.03 Å². The van der Waals surface area contributed by atoms with Gasteiger partial charge in [0.1, 0.15) is 12.1 Å². The summed E-state index contributed by atoms with van der Waals surface area (Å²) in [5.74, 6) is 1.33. The Morgan fingerprint density at radius 3 is 2.30 bits per heavy atom. The van der Waals surface area contributed by atoms with Crippen molar-refractivity contribution < 1.29 is 14.4 Å². The Hall–Kier alpha value is -1.79. The number of carbonyl (C=O) groups is 3. The number of imide groups is 1. The molecule has 0 radical (unpaired) electrons. The molecule has 1 atom stereocenters. The molecular weight excluding hydrogens is 425 g/mol. The van der Waals surface area contributed by atoms with Crippen molar-refractivity contribution in [2.45, 2.75) is 56.5 Å². The molecule has 2 N–H and O–H groups in total. The van der Waals surface area contributed by atoms with Crippen LogP contribution in [0.2, 0.25) is 10.0 Å². The molecule has 0 spiro atoms. The smallest absolute Gasteiger partial charge is 0.325 e. The number of nitrogens with zero attached hydrogens (tertiary/aromatic N) is 1. The fourth-order valence-corrected chi connectivity index (χ4v) is 7.26. The standard InChI is InChI=1S/C22H25Cl2N3O3/c1-21(16-3-2-15(23)7-17(16)24)19(29)27(20(30)26-21)11-18(28)25-22-8-12-4-13(9-22)6-14(5-12)10-22/h2-3,7,12-14H,4-6,8-11H2,1H3,(H,25,28)(H,26,30)/t12?,13?,14?,21-,22?/m1/s1. The van der Waals surface area contributed by atoms with Gasteiger partial charge in [-0.25, -0.2) is 4.79 Å². The molecule has 30 heavy (non-hydrogen) atoms. The zero-order chi connectivity index (χ0) is 21.3. The second-order valence-electron chi connectivity index (χ2n) is 9.82. The first kappa shape index (κ1) is 20.1. The summed E-state index contributed by atoms with van der Waals surface area (Å²) in [5, 5.41) is 6.65. The molecule has 160 valence electrons. The van der Waals surface area contributed by atoms with E-state index in [2.05, 4.69) is 10.6 Å². The SMILES string of the molecule is C[C@]1(c2ccc(Cl)cc2Cl)NC(=O)N(CC(=O)NC23CC4CC(CC(C4)C2)C3)C1=O. The van der Waals surface area contributed by atoms with Gasteiger partial charge in [0.25, 0.3) is 5.91 Å². The van der Waals surface area contributed by atoms with Crippen LogP contribution in [0.5, 0.6) is 0 Å². The predicted octanol–water partition coefficient (Wildman–Crippen LogP) is 3.85. The normalized spacial score (nSPS) is 36.9. The monoisotopic (exact) mass is 449 g/mol. The molecule has 1 saturated heterocycles. The molecule has 5 aliphatic rings. The lowest BCUT2D eigenvalue weighted by atomic mass is 9.53. The molecule has 5 fully saturated rings. The van der Waals surface area contributed by atoms with Gasteiger partial charge in [0.05, 0.1) is 0 Å². The lowest BCUT2D eigenvalue weighted by molar-refractivity contribution is -0.136. The Balaban J connectivity index is 1.31. The predicted molar refractivity (Wildman–Crippen MR) is 113 cm³/mol. The van der Waals surface area contributed by atoms with E-state index >= 15 is 0 Å². The summed E-state index contributed by atoms with van der Waals surface area (Å²) in [6, 6.07) is 4.19. The highest BCUT2D eigenvalue weighted by Crippen LogP contribution is 2.55. The largest absolute Gasteiger partial charge is 0.349 e. The maximum Gasteiger partial charge on any atom is 0.325 e. The molecule has 6 rings (SSSR count). The van der Waals surface area contributed by atoms with Crippen LogP contribution in [0.3, 0.4) is 0 Å². The second-order valence-corrected chi connectivity index (χ2v) is 10.7. The van der Waals surface area contributed by atoms with Gasteiger partial charge in [-0.1, -0.05) is 29.3 Å². The van der Waals surface area contributed by atoms with Crippen LogP contribution in [-0.2, 0) is 15.1 Å². The van der Waals surface area contributed by atoms with E-state index in [4.69, 9.17) is 23.2 Å². The van der Waals surface area contributed by atoms with Gasteiger partial charge in [0, 0.05) is 21.1 Å². The highest BCUT2D eigenvalue weighted by Gasteiger charge is 2.53. The summed E-state index contributed by atoms with van der Waals surface area (Å²) in [6.45, 7) is 1.31. The van der Waals surface area contributed by atoms with E-state index < -0.39 is 17.5 Å². The van der Waals surface area contributed by atoms with Gasteiger partial charge in [-0.05, 0) is 75.3 Å².